The number of rotatable bonds is 4. The average Bonchev–Trinajstić information content (AvgIpc) is 2.09. The van der Waals surface area contributed by atoms with E-state index < -0.39 is 0 Å². The lowest BCUT2D eigenvalue weighted by Crippen LogP contribution is -2.29. The molecule has 1 heterocycles. The Kier molecular flexibility index (Phi) is 3.82. The van der Waals surface area contributed by atoms with Gasteiger partial charge in [-0.1, -0.05) is 6.92 Å². The Labute approximate surface area is 80.0 Å². The van der Waals surface area contributed by atoms with E-state index in [2.05, 4.69) is 11.9 Å². The first-order valence-electron chi connectivity index (χ1n) is 4.11. The molecule has 0 aliphatic carbocycles. The summed E-state index contributed by atoms with van der Waals surface area (Å²) in [5.74, 6) is 1.93. The summed E-state index contributed by atoms with van der Waals surface area (Å²) in [6.07, 6.45) is 1.53. The molecule has 0 saturated carbocycles. The first kappa shape index (κ1) is 10.1. The fourth-order valence-electron chi connectivity index (χ4n) is 0.928. The van der Waals surface area contributed by atoms with Gasteiger partial charge in [-0.2, -0.15) is 11.8 Å². The second kappa shape index (κ2) is 4.91. The second-order valence-electron chi connectivity index (χ2n) is 2.50. The van der Waals surface area contributed by atoms with Crippen LogP contribution < -0.4 is 11.2 Å². The minimum atomic E-state index is -0.343. The van der Waals surface area contributed by atoms with Gasteiger partial charge in [0, 0.05) is 24.6 Å². The first-order valence-corrected chi connectivity index (χ1v) is 5.27. The van der Waals surface area contributed by atoms with Crippen molar-refractivity contribution >= 4 is 11.8 Å². The fraction of sp³-hybridized carbons (Fsp3) is 0.500. The van der Waals surface area contributed by atoms with Gasteiger partial charge in [0.05, 0.1) is 0 Å². The quantitative estimate of drug-likeness (QED) is 0.711. The van der Waals surface area contributed by atoms with E-state index in [9.17, 15) is 9.59 Å². The van der Waals surface area contributed by atoms with Crippen LogP contribution in [0.5, 0.6) is 0 Å². The van der Waals surface area contributed by atoms with Gasteiger partial charge in [-0.3, -0.25) is 14.3 Å². The highest BCUT2D eigenvalue weighted by atomic mass is 32.2. The molecule has 13 heavy (non-hydrogen) atoms. The van der Waals surface area contributed by atoms with Crippen molar-refractivity contribution in [2.75, 3.05) is 11.5 Å². The summed E-state index contributed by atoms with van der Waals surface area (Å²) in [7, 11) is 0. The van der Waals surface area contributed by atoms with Crippen molar-refractivity contribution < 1.29 is 0 Å². The van der Waals surface area contributed by atoms with Gasteiger partial charge in [0.1, 0.15) is 0 Å². The van der Waals surface area contributed by atoms with Crippen LogP contribution in [0.4, 0.5) is 0 Å². The van der Waals surface area contributed by atoms with Gasteiger partial charge in [-0.25, -0.2) is 4.79 Å². The van der Waals surface area contributed by atoms with Crippen molar-refractivity contribution in [1.82, 2.24) is 9.55 Å². The predicted molar refractivity (Wildman–Crippen MR) is 54.3 cm³/mol. The van der Waals surface area contributed by atoms with Gasteiger partial charge in [-0.15, -0.1) is 0 Å². The van der Waals surface area contributed by atoms with E-state index >= 15 is 0 Å². The average molecular weight is 200 g/mol. The maximum absolute atomic E-state index is 11.1. The summed E-state index contributed by atoms with van der Waals surface area (Å²) in [6.45, 7) is 2.72. The zero-order valence-corrected chi connectivity index (χ0v) is 8.26. The van der Waals surface area contributed by atoms with Crippen LogP contribution in [0.3, 0.4) is 0 Å². The van der Waals surface area contributed by atoms with E-state index in [4.69, 9.17) is 0 Å². The maximum Gasteiger partial charge on any atom is 0.328 e. The molecular formula is C8H12N2O2S. The Morgan fingerprint density at radius 2 is 2.31 bits per heavy atom. The number of aromatic nitrogens is 2. The van der Waals surface area contributed by atoms with Crippen molar-refractivity contribution in [1.29, 1.82) is 0 Å². The normalized spacial score (nSPS) is 10.2. The summed E-state index contributed by atoms with van der Waals surface area (Å²) in [5.41, 5.74) is -0.673. The Bertz CT molecular complexity index is 369. The molecule has 0 spiro atoms. The number of H-pyrrole nitrogens is 1. The molecule has 1 N–H and O–H groups in total. The molecule has 0 unspecified atom stereocenters. The van der Waals surface area contributed by atoms with Gasteiger partial charge in [0.15, 0.2) is 0 Å². The zero-order chi connectivity index (χ0) is 9.68. The molecule has 72 valence electrons. The van der Waals surface area contributed by atoms with Gasteiger partial charge < -0.3 is 0 Å². The fourth-order valence-corrected chi connectivity index (χ4v) is 1.54. The molecule has 4 nitrogen and oxygen atoms in total. The van der Waals surface area contributed by atoms with Crippen LogP contribution in [0.15, 0.2) is 21.9 Å². The van der Waals surface area contributed by atoms with Crippen LogP contribution in [0, 0.1) is 0 Å². The number of thioether (sulfide) groups is 1. The molecule has 0 amide bonds. The largest absolute Gasteiger partial charge is 0.328 e. The number of nitrogens with one attached hydrogen (secondary N) is 1. The summed E-state index contributed by atoms with van der Waals surface area (Å²) in [5, 5.41) is 0. The molecule has 0 aliphatic rings. The summed E-state index contributed by atoms with van der Waals surface area (Å²) in [4.78, 5) is 24.0. The summed E-state index contributed by atoms with van der Waals surface area (Å²) >= 11 is 1.76. The minimum absolute atomic E-state index is 0.329. The van der Waals surface area contributed by atoms with Crippen molar-refractivity contribution in [3.8, 4) is 0 Å². The maximum atomic E-state index is 11.1. The van der Waals surface area contributed by atoms with Crippen molar-refractivity contribution in [2.24, 2.45) is 0 Å². The molecule has 0 bridgehead atoms. The lowest BCUT2D eigenvalue weighted by Gasteiger charge is -2.02. The van der Waals surface area contributed by atoms with E-state index in [0.717, 1.165) is 11.5 Å². The Balaban J connectivity index is 2.67. The topological polar surface area (TPSA) is 54.9 Å². The van der Waals surface area contributed by atoms with E-state index in [0.29, 0.717) is 6.54 Å². The Morgan fingerprint density at radius 3 is 2.92 bits per heavy atom. The third-order valence-electron chi connectivity index (χ3n) is 1.58. The lowest BCUT2D eigenvalue weighted by atomic mass is 10.6. The molecule has 0 aliphatic heterocycles. The van der Waals surface area contributed by atoms with E-state index in [1.54, 1.807) is 11.8 Å². The molecule has 1 aromatic heterocycles. The monoisotopic (exact) mass is 200 g/mol. The highest BCUT2D eigenvalue weighted by Gasteiger charge is 1.94. The van der Waals surface area contributed by atoms with Gasteiger partial charge >= 0.3 is 5.69 Å². The number of hydrogen-bond donors (Lipinski definition) is 1. The predicted octanol–water partition coefficient (Wildman–Crippen LogP) is 0.290. The van der Waals surface area contributed by atoms with E-state index in [1.807, 2.05) is 0 Å². The smallest absolute Gasteiger partial charge is 0.300 e. The molecule has 0 fully saturated rings. The Morgan fingerprint density at radius 1 is 1.54 bits per heavy atom. The molecule has 1 aromatic rings. The second-order valence-corrected chi connectivity index (χ2v) is 3.89. The van der Waals surface area contributed by atoms with Crippen molar-refractivity contribution in [3.63, 3.8) is 0 Å². The SMILES string of the molecule is CCSCCn1ccc(=O)[nH]c1=O. The molecule has 5 heteroatoms. The van der Waals surface area contributed by atoms with Gasteiger partial charge in [0.2, 0.25) is 0 Å². The molecule has 0 aromatic carbocycles. The van der Waals surface area contributed by atoms with E-state index in [-0.39, 0.29) is 11.2 Å². The van der Waals surface area contributed by atoms with Gasteiger partial charge in [0.25, 0.3) is 5.56 Å². The highest BCUT2D eigenvalue weighted by molar-refractivity contribution is 7.99. The third kappa shape index (κ3) is 3.10. The lowest BCUT2D eigenvalue weighted by molar-refractivity contribution is 0.700. The minimum Gasteiger partial charge on any atom is -0.300 e. The van der Waals surface area contributed by atoms with Crippen molar-refractivity contribution in [3.05, 3.63) is 33.1 Å². The molecule has 0 radical (unpaired) electrons. The van der Waals surface area contributed by atoms with Crippen LogP contribution in [0.1, 0.15) is 6.92 Å². The molecular weight excluding hydrogens is 188 g/mol. The van der Waals surface area contributed by atoms with E-state index in [1.165, 1.54) is 16.8 Å². The molecule has 0 saturated heterocycles. The third-order valence-corrected chi connectivity index (χ3v) is 2.46. The van der Waals surface area contributed by atoms with Crippen LogP contribution >= 0.6 is 11.8 Å². The van der Waals surface area contributed by atoms with Crippen LogP contribution in [-0.4, -0.2) is 21.1 Å². The van der Waals surface area contributed by atoms with Crippen LogP contribution in [-0.2, 0) is 6.54 Å². The summed E-state index contributed by atoms with van der Waals surface area (Å²) in [6, 6.07) is 1.36. The summed E-state index contributed by atoms with van der Waals surface area (Å²) < 4.78 is 1.50. The number of aryl methyl sites for hydroxylation is 1. The van der Waals surface area contributed by atoms with Crippen LogP contribution in [0.2, 0.25) is 0 Å². The van der Waals surface area contributed by atoms with Crippen molar-refractivity contribution in [2.45, 2.75) is 13.5 Å². The molecule has 1 rings (SSSR count). The standard InChI is InChI=1S/C8H12N2O2S/c1-2-13-6-5-10-4-3-7(11)9-8(10)12/h3-4H,2,5-6H2,1H3,(H,9,11,12). The Hall–Kier alpha value is -0.970. The number of nitrogens with zero attached hydrogens (tertiary/aromatic N) is 1. The van der Waals surface area contributed by atoms with Crippen LogP contribution in [0.25, 0.3) is 0 Å². The van der Waals surface area contributed by atoms with Gasteiger partial charge in [-0.05, 0) is 5.75 Å². The zero-order valence-electron chi connectivity index (χ0n) is 7.45. The highest BCUT2D eigenvalue weighted by Crippen LogP contribution is 1.97. The number of hydrogen-bond acceptors (Lipinski definition) is 3. The first-order chi connectivity index (χ1) is 6.24. The number of aromatic amines is 1. The molecule has 0 atom stereocenters.